The minimum absolute atomic E-state index is 0.532. The van der Waals surface area contributed by atoms with Crippen molar-refractivity contribution in [3.8, 4) is 11.4 Å². The molecule has 0 unspecified atom stereocenters. The topological polar surface area (TPSA) is 42.9 Å². The highest BCUT2D eigenvalue weighted by molar-refractivity contribution is 5.76. The first-order valence-corrected chi connectivity index (χ1v) is 4.16. The summed E-state index contributed by atoms with van der Waals surface area (Å²) in [6.07, 6.45) is 5.18. The fraction of sp³-hybridized carbons (Fsp3) is 0. The predicted octanol–water partition coefficient (Wildman–Crippen LogP) is 1.60. The summed E-state index contributed by atoms with van der Waals surface area (Å²) in [6, 6.07) is 8.75. The highest BCUT2D eigenvalue weighted by Crippen LogP contribution is 2.13. The summed E-state index contributed by atoms with van der Waals surface area (Å²) in [7, 11) is 0. The van der Waals surface area contributed by atoms with Crippen LogP contribution in [0.3, 0.4) is 0 Å². The van der Waals surface area contributed by atoms with Crippen LogP contribution in [0.2, 0.25) is 0 Å². The normalized spacial score (nSPS) is 9.71. The van der Waals surface area contributed by atoms with Gasteiger partial charge in [0.25, 0.3) is 0 Å². The molecule has 3 heteroatoms. The van der Waals surface area contributed by atoms with Crippen molar-refractivity contribution in [1.82, 2.24) is 9.97 Å². The number of aromatic nitrogens is 2. The first-order chi connectivity index (χ1) is 6.90. The van der Waals surface area contributed by atoms with Crippen LogP contribution in [-0.2, 0) is 4.79 Å². The van der Waals surface area contributed by atoms with E-state index in [9.17, 15) is 4.79 Å². The van der Waals surface area contributed by atoms with E-state index in [2.05, 4.69) is 9.97 Å². The zero-order chi connectivity index (χ0) is 9.80. The SMILES string of the molecule is O=[C]c1ccc(-c2ncccn2)cc1. The van der Waals surface area contributed by atoms with Crippen LogP contribution in [0.5, 0.6) is 0 Å². The molecule has 0 amide bonds. The van der Waals surface area contributed by atoms with E-state index in [1.165, 1.54) is 0 Å². The van der Waals surface area contributed by atoms with Gasteiger partial charge in [-0.15, -0.1) is 0 Å². The lowest BCUT2D eigenvalue weighted by atomic mass is 10.1. The third-order valence-electron chi connectivity index (χ3n) is 1.83. The van der Waals surface area contributed by atoms with E-state index in [4.69, 9.17) is 0 Å². The second-order valence-electron chi connectivity index (χ2n) is 2.75. The van der Waals surface area contributed by atoms with Gasteiger partial charge in [0.05, 0.1) is 0 Å². The van der Waals surface area contributed by atoms with Crippen LogP contribution in [0.25, 0.3) is 11.4 Å². The van der Waals surface area contributed by atoms with Gasteiger partial charge in [-0.3, -0.25) is 4.79 Å². The third-order valence-corrected chi connectivity index (χ3v) is 1.83. The van der Waals surface area contributed by atoms with Crippen LogP contribution in [0, 0.1) is 0 Å². The van der Waals surface area contributed by atoms with E-state index in [0.717, 1.165) is 5.56 Å². The van der Waals surface area contributed by atoms with Gasteiger partial charge in [-0.05, 0) is 6.07 Å². The van der Waals surface area contributed by atoms with E-state index in [1.807, 2.05) is 6.29 Å². The molecule has 14 heavy (non-hydrogen) atoms. The summed E-state index contributed by atoms with van der Waals surface area (Å²) < 4.78 is 0. The van der Waals surface area contributed by atoms with Crippen molar-refractivity contribution in [2.24, 2.45) is 0 Å². The Hall–Kier alpha value is -2.03. The number of hydrogen-bond acceptors (Lipinski definition) is 3. The van der Waals surface area contributed by atoms with E-state index in [0.29, 0.717) is 11.4 Å². The predicted molar refractivity (Wildman–Crippen MR) is 52.3 cm³/mol. The molecule has 2 aromatic rings. The molecule has 1 aromatic carbocycles. The molecule has 67 valence electrons. The number of rotatable bonds is 2. The second-order valence-corrected chi connectivity index (χ2v) is 2.75. The molecule has 0 N–H and O–H groups in total. The average molecular weight is 183 g/mol. The molecule has 0 aliphatic rings. The summed E-state index contributed by atoms with van der Waals surface area (Å²) in [5, 5.41) is 0. The Balaban J connectivity index is 2.39. The van der Waals surface area contributed by atoms with Gasteiger partial charge < -0.3 is 0 Å². The maximum atomic E-state index is 10.3. The monoisotopic (exact) mass is 183 g/mol. The Morgan fingerprint density at radius 1 is 1.00 bits per heavy atom. The smallest absolute Gasteiger partial charge is 0.233 e. The van der Waals surface area contributed by atoms with Crippen molar-refractivity contribution < 1.29 is 4.79 Å². The second kappa shape index (κ2) is 3.79. The van der Waals surface area contributed by atoms with Crippen molar-refractivity contribution in [2.75, 3.05) is 0 Å². The standard InChI is InChI=1S/C11H7N2O/c14-8-9-2-4-10(5-3-9)11-12-6-1-7-13-11/h1-7H. The average Bonchev–Trinajstić information content (AvgIpc) is 2.30. The number of hydrogen-bond donors (Lipinski definition) is 0. The van der Waals surface area contributed by atoms with E-state index in [-0.39, 0.29) is 0 Å². The van der Waals surface area contributed by atoms with E-state index < -0.39 is 0 Å². The first-order valence-electron chi connectivity index (χ1n) is 4.16. The number of nitrogens with zero attached hydrogens (tertiary/aromatic N) is 2. The highest BCUT2D eigenvalue weighted by atomic mass is 16.1. The molecule has 0 atom stereocenters. The fourth-order valence-electron chi connectivity index (χ4n) is 1.14. The molecule has 2 rings (SSSR count). The molecular weight excluding hydrogens is 176 g/mol. The molecule has 0 saturated heterocycles. The van der Waals surface area contributed by atoms with Crippen LogP contribution < -0.4 is 0 Å². The minimum Gasteiger partial charge on any atom is -0.285 e. The van der Waals surface area contributed by atoms with Gasteiger partial charge >= 0.3 is 0 Å². The maximum Gasteiger partial charge on any atom is 0.233 e. The summed E-state index contributed by atoms with van der Waals surface area (Å²) in [4.78, 5) is 18.5. The Morgan fingerprint density at radius 2 is 1.64 bits per heavy atom. The Labute approximate surface area is 81.5 Å². The van der Waals surface area contributed by atoms with Crippen LogP contribution >= 0.6 is 0 Å². The lowest BCUT2D eigenvalue weighted by Crippen LogP contribution is -1.87. The fourth-order valence-corrected chi connectivity index (χ4v) is 1.14. The molecule has 0 aliphatic heterocycles. The molecule has 0 spiro atoms. The van der Waals surface area contributed by atoms with Crippen molar-refractivity contribution in [2.45, 2.75) is 0 Å². The van der Waals surface area contributed by atoms with Crippen LogP contribution in [0.15, 0.2) is 42.7 Å². The van der Waals surface area contributed by atoms with E-state index >= 15 is 0 Å². The van der Waals surface area contributed by atoms with E-state index in [1.54, 1.807) is 42.7 Å². The molecular formula is C11H7N2O. The number of carbonyl (C=O) groups excluding carboxylic acids is 1. The molecule has 1 heterocycles. The molecule has 0 bridgehead atoms. The highest BCUT2D eigenvalue weighted by Gasteiger charge is 1.98. The molecule has 0 saturated carbocycles. The Morgan fingerprint density at radius 3 is 2.21 bits per heavy atom. The van der Waals surface area contributed by atoms with Gasteiger partial charge in [0.15, 0.2) is 5.82 Å². The minimum atomic E-state index is 0.532. The van der Waals surface area contributed by atoms with Gasteiger partial charge in [0, 0.05) is 23.5 Å². The zero-order valence-corrected chi connectivity index (χ0v) is 7.34. The van der Waals surface area contributed by atoms with Gasteiger partial charge in [-0.25, -0.2) is 9.97 Å². The number of benzene rings is 1. The molecule has 1 radical (unpaired) electrons. The van der Waals surface area contributed by atoms with Crippen LogP contribution in [0.1, 0.15) is 5.56 Å². The first kappa shape index (κ1) is 8.56. The molecule has 0 fully saturated rings. The van der Waals surface area contributed by atoms with Crippen molar-refractivity contribution in [1.29, 1.82) is 0 Å². The van der Waals surface area contributed by atoms with Crippen molar-refractivity contribution in [3.63, 3.8) is 0 Å². The molecule has 1 aromatic heterocycles. The van der Waals surface area contributed by atoms with Gasteiger partial charge in [-0.2, -0.15) is 0 Å². The quantitative estimate of drug-likeness (QED) is 0.710. The largest absolute Gasteiger partial charge is 0.285 e. The molecule has 3 nitrogen and oxygen atoms in total. The molecule has 0 aliphatic carbocycles. The van der Waals surface area contributed by atoms with Crippen LogP contribution in [0.4, 0.5) is 0 Å². The van der Waals surface area contributed by atoms with Gasteiger partial charge in [-0.1, -0.05) is 24.3 Å². The lowest BCUT2D eigenvalue weighted by molar-refractivity contribution is 0.563. The Bertz CT molecular complexity index is 423. The third kappa shape index (κ3) is 1.66. The summed E-state index contributed by atoms with van der Waals surface area (Å²) >= 11 is 0. The Kier molecular flexibility index (Phi) is 2.32. The summed E-state index contributed by atoms with van der Waals surface area (Å²) in [6.45, 7) is 0. The van der Waals surface area contributed by atoms with Crippen LogP contribution in [-0.4, -0.2) is 16.3 Å². The maximum absolute atomic E-state index is 10.3. The summed E-state index contributed by atoms with van der Waals surface area (Å²) in [5.74, 6) is 0.657. The summed E-state index contributed by atoms with van der Waals surface area (Å²) in [5.41, 5.74) is 1.43. The zero-order valence-electron chi connectivity index (χ0n) is 7.34. The van der Waals surface area contributed by atoms with Crippen molar-refractivity contribution >= 4 is 6.29 Å². The van der Waals surface area contributed by atoms with Crippen molar-refractivity contribution in [3.05, 3.63) is 48.3 Å². The van der Waals surface area contributed by atoms with Gasteiger partial charge in [0.1, 0.15) is 0 Å². The van der Waals surface area contributed by atoms with Gasteiger partial charge in [0.2, 0.25) is 6.29 Å². The lowest BCUT2D eigenvalue weighted by Gasteiger charge is -1.97.